The summed E-state index contributed by atoms with van der Waals surface area (Å²) >= 11 is 0. The van der Waals surface area contributed by atoms with Crippen molar-refractivity contribution >= 4 is 11.4 Å². The highest BCUT2D eigenvalue weighted by Gasteiger charge is 2.25. The van der Waals surface area contributed by atoms with Crippen molar-refractivity contribution in [2.45, 2.75) is 51.5 Å². The van der Waals surface area contributed by atoms with Crippen molar-refractivity contribution in [1.82, 2.24) is 0 Å². The number of para-hydroxylation sites is 1. The first-order valence-corrected chi connectivity index (χ1v) is 7.28. The van der Waals surface area contributed by atoms with Crippen LogP contribution in [0.3, 0.4) is 0 Å². The van der Waals surface area contributed by atoms with E-state index < -0.39 is 0 Å². The molecule has 0 amide bonds. The fraction of sp³-hybridized carbons (Fsp3) is 0.500. The summed E-state index contributed by atoms with van der Waals surface area (Å²) < 4.78 is 0. The maximum Gasteiger partial charge on any atom is 0.142 e. The molecule has 0 aliphatic carbocycles. The number of aliphatic hydroxyl groups is 1. The third-order valence-corrected chi connectivity index (χ3v) is 3.78. The summed E-state index contributed by atoms with van der Waals surface area (Å²) in [5, 5.41) is 22.5. The van der Waals surface area contributed by atoms with Gasteiger partial charge >= 0.3 is 0 Å². The highest BCUT2D eigenvalue weighted by Crippen LogP contribution is 2.24. The van der Waals surface area contributed by atoms with Crippen LogP contribution in [0.5, 0.6) is 0 Å². The van der Waals surface area contributed by atoms with Gasteiger partial charge in [0.1, 0.15) is 17.5 Å². The smallest absolute Gasteiger partial charge is 0.142 e. The van der Waals surface area contributed by atoms with Crippen molar-refractivity contribution in [2.24, 2.45) is 0 Å². The summed E-state index contributed by atoms with van der Waals surface area (Å²) in [5.41, 5.74) is 1.34. The first-order chi connectivity index (χ1) is 9.24. The molecular formula is C16H23NO2. The topological polar surface area (TPSA) is 47.7 Å². The highest BCUT2D eigenvalue weighted by atomic mass is 16.5. The molecule has 2 atom stereocenters. The summed E-state index contributed by atoms with van der Waals surface area (Å²) in [6.07, 6.45) is 8.55. The molecule has 0 bridgehead atoms. The molecule has 2 rings (SSSR count). The molecule has 1 heterocycles. The summed E-state index contributed by atoms with van der Waals surface area (Å²) in [5.74, 6) is 0.258. The van der Waals surface area contributed by atoms with Gasteiger partial charge in [-0.1, -0.05) is 44.7 Å². The molecule has 3 heteroatoms. The fourth-order valence-corrected chi connectivity index (χ4v) is 2.66. The van der Waals surface area contributed by atoms with Crippen LogP contribution in [0.15, 0.2) is 30.3 Å². The zero-order valence-electron chi connectivity index (χ0n) is 11.6. The minimum atomic E-state index is -0.142. The molecule has 2 N–H and O–H groups in total. The lowest BCUT2D eigenvalue weighted by Gasteiger charge is -2.33. The first kappa shape index (κ1) is 14.1. The normalized spacial score (nSPS) is 21.9. The maximum atomic E-state index is 12.3. The highest BCUT2D eigenvalue weighted by molar-refractivity contribution is 5.69. The zero-order chi connectivity index (χ0) is 13.7. The minimum Gasteiger partial charge on any atom is -0.628 e. The lowest BCUT2D eigenvalue weighted by atomic mass is 9.99. The Kier molecular flexibility index (Phi) is 5.00. The molecule has 1 aliphatic rings. The van der Waals surface area contributed by atoms with Crippen molar-refractivity contribution in [3.05, 3.63) is 41.1 Å². The van der Waals surface area contributed by atoms with Gasteiger partial charge in [-0.25, -0.2) is 0 Å². The Morgan fingerprint density at radius 1 is 1.16 bits per heavy atom. The van der Waals surface area contributed by atoms with Gasteiger partial charge in [-0.3, -0.25) is 0 Å². The number of quaternary nitrogens is 1. The van der Waals surface area contributed by atoms with E-state index in [0.29, 0.717) is 11.3 Å². The van der Waals surface area contributed by atoms with E-state index >= 15 is 0 Å². The molecule has 0 saturated carbocycles. The second-order valence-corrected chi connectivity index (χ2v) is 5.27. The van der Waals surface area contributed by atoms with Gasteiger partial charge in [0.15, 0.2) is 0 Å². The first-order valence-electron chi connectivity index (χ1n) is 7.28. The number of hydrogen-bond donors (Lipinski definition) is 2. The second-order valence-electron chi connectivity index (χ2n) is 5.27. The molecule has 2 unspecified atom stereocenters. The van der Waals surface area contributed by atoms with E-state index in [1.54, 1.807) is 12.1 Å². The van der Waals surface area contributed by atoms with Gasteiger partial charge in [0.05, 0.1) is 5.56 Å². The van der Waals surface area contributed by atoms with Crippen LogP contribution >= 0.6 is 0 Å². The number of rotatable bonds is 6. The van der Waals surface area contributed by atoms with Gasteiger partial charge in [0, 0.05) is 18.6 Å². The summed E-state index contributed by atoms with van der Waals surface area (Å²) in [4.78, 5) is 0. The summed E-state index contributed by atoms with van der Waals surface area (Å²) in [7, 11) is 0. The lowest BCUT2D eigenvalue weighted by Crippen LogP contribution is -3.07. The van der Waals surface area contributed by atoms with Gasteiger partial charge in [0.25, 0.3) is 0 Å². The number of hydroxylamine groups is 1. The quantitative estimate of drug-likeness (QED) is 0.609. The van der Waals surface area contributed by atoms with Crippen LogP contribution in [0.1, 0.15) is 51.0 Å². The molecule has 1 aliphatic heterocycles. The monoisotopic (exact) mass is 261 g/mol. The van der Waals surface area contributed by atoms with Gasteiger partial charge < -0.3 is 15.4 Å². The van der Waals surface area contributed by atoms with Crippen LogP contribution in [-0.4, -0.2) is 11.1 Å². The van der Waals surface area contributed by atoms with Crippen molar-refractivity contribution in [2.75, 3.05) is 0 Å². The number of nitrogens with one attached hydrogen (secondary N) is 1. The molecule has 1 aromatic carbocycles. The van der Waals surface area contributed by atoms with E-state index in [-0.39, 0.29) is 16.9 Å². The van der Waals surface area contributed by atoms with Crippen LogP contribution in [0.2, 0.25) is 0 Å². The Bertz CT molecular complexity index is 442. The molecule has 0 fully saturated rings. The molecule has 19 heavy (non-hydrogen) atoms. The van der Waals surface area contributed by atoms with E-state index in [2.05, 4.69) is 6.92 Å². The number of hydrogen-bond acceptors (Lipinski definition) is 2. The average molecular weight is 261 g/mol. The number of benzene rings is 1. The van der Waals surface area contributed by atoms with Crippen molar-refractivity contribution in [1.29, 1.82) is 0 Å². The van der Waals surface area contributed by atoms with E-state index in [4.69, 9.17) is 0 Å². The van der Waals surface area contributed by atoms with Gasteiger partial charge in [-0.05, 0) is 12.5 Å². The standard InChI is InChI=1S/C16H23NO2/c1-2-3-4-5-6-9-13-12-16(18)14-10-7-8-11-15(14)17(13)19/h7-8,10-13,17-18H,2-6,9H2,1H3. The van der Waals surface area contributed by atoms with Crippen LogP contribution in [-0.2, 0) is 0 Å². The molecule has 0 saturated heterocycles. The maximum absolute atomic E-state index is 12.3. The molecular weight excluding hydrogens is 238 g/mol. The SMILES string of the molecule is CCCCCCCC1C=C(O)c2ccccc2[NH+]1[O-]. The molecule has 104 valence electrons. The Morgan fingerprint density at radius 2 is 1.89 bits per heavy atom. The van der Waals surface area contributed by atoms with Gasteiger partial charge in [-0.2, -0.15) is 0 Å². The van der Waals surface area contributed by atoms with E-state index in [0.717, 1.165) is 12.8 Å². The Morgan fingerprint density at radius 3 is 2.68 bits per heavy atom. The third kappa shape index (κ3) is 3.37. The minimum absolute atomic E-state index is 0.142. The van der Waals surface area contributed by atoms with Crippen molar-refractivity contribution in [3.63, 3.8) is 0 Å². The van der Waals surface area contributed by atoms with Crippen LogP contribution in [0.25, 0.3) is 5.76 Å². The summed E-state index contributed by atoms with van der Waals surface area (Å²) in [6, 6.07) is 7.17. The van der Waals surface area contributed by atoms with Crippen molar-refractivity contribution in [3.8, 4) is 0 Å². The lowest BCUT2D eigenvalue weighted by molar-refractivity contribution is -0.800. The predicted octanol–water partition coefficient (Wildman–Crippen LogP) is 3.34. The zero-order valence-corrected chi connectivity index (χ0v) is 11.6. The molecule has 0 aromatic heterocycles. The van der Waals surface area contributed by atoms with Crippen molar-refractivity contribution < 1.29 is 10.2 Å². The van der Waals surface area contributed by atoms with Gasteiger partial charge in [0.2, 0.25) is 0 Å². The van der Waals surface area contributed by atoms with E-state index in [9.17, 15) is 10.3 Å². The Labute approximate surface area is 115 Å². The van der Waals surface area contributed by atoms with Crippen LogP contribution < -0.4 is 5.06 Å². The molecule has 0 radical (unpaired) electrons. The Balaban J connectivity index is 1.95. The number of fused-ring (bicyclic) bond motifs is 1. The molecule has 1 aromatic rings. The van der Waals surface area contributed by atoms with E-state index in [1.807, 2.05) is 18.2 Å². The van der Waals surface area contributed by atoms with E-state index in [1.165, 1.54) is 25.7 Å². The average Bonchev–Trinajstić information content (AvgIpc) is 2.44. The third-order valence-electron chi connectivity index (χ3n) is 3.78. The van der Waals surface area contributed by atoms with Crippen LogP contribution in [0.4, 0.5) is 5.69 Å². The van der Waals surface area contributed by atoms with Crippen LogP contribution in [0, 0.1) is 5.21 Å². The number of aliphatic hydroxyl groups excluding tert-OH is 1. The summed E-state index contributed by atoms with van der Waals surface area (Å²) in [6.45, 7) is 2.20. The Hall–Kier alpha value is -1.32. The number of unbranched alkanes of at least 4 members (excludes halogenated alkanes) is 4. The molecule has 3 nitrogen and oxygen atoms in total. The predicted molar refractivity (Wildman–Crippen MR) is 78.2 cm³/mol. The largest absolute Gasteiger partial charge is 0.628 e. The van der Waals surface area contributed by atoms with Gasteiger partial charge in [-0.15, -0.1) is 0 Å². The molecule has 0 spiro atoms. The fourth-order valence-electron chi connectivity index (χ4n) is 2.66. The second kappa shape index (κ2) is 6.73.